The summed E-state index contributed by atoms with van der Waals surface area (Å²) in [4.78, 5) is 14.7. The van der Waals surface area contributed by atoms with Crippen LogP contribution in [0.25, 0.3) is 0 Å². The van der Waals surface area contributed by atoms with Crippen LogP contribution in [0.1, 0.15) is 55.3 Å². The summed E-state index contributed by atoms with van der Waals surface area (Å²) >= 11 is 0. The van der Waals surface area contributed by atoms with Crippen molar-refractivity contribution < 1.29 is 4.79 Å². The molecule has 1 heterocycles. The molecule has 0 radical (unpaired) electrons. The van der Waals surface area contributed by atoms with Crippen molar-refractivity contribution in [1.82, 2.24) is 15.1 Å². The fourth-order valence-electron chi connectivity index (χ4n) is 2.86. The van der Waals surface area contributed by atoms with Crippen molar-refractivity contribution in [3.8, 4) is 0 Å². The molecular weight excluding hydrogens is 252 g/mol. The molecular formula is C15H24N4O. The van der Waals surface area contributed by atoms with E-state index in [1.165, 1.54) is 25.7 Å². The zero-order valence-corrected chi connectivity index (χ0v) is 12.0. The molecule has 1 aromatic heterocycles. The molecule has 5 nitrogen and oxygen atoms in total. The molecule has 1 fully saturated rings. The van der Waals surface area contributed by atoms with Gasteiger partial charge in [-0.2, -0.15) is 10.2 Å². The Morgan fingerprint density at radius 1 is 1.25 bits per heavy atom. The summed E-state index contributed by atoms with van der Waals surface area (Å²) in [5.74, 6) is 0.0697. The SMILES string of the molecule is NCCCN(C(=O)c1ccnnc1)C1CCCCCC1. The minimum absolute atomic E-state index is 0.0697. The van der Waals surface area contributed by atoms with Crippen LogP contribution in [0, 0.1) is 0 Å². The van der Waals surface area contributed by atoms with E-state index in [9.17, 15) is 4.79 Å². The highest BCUT2D eigenvalue weighted by atomic mass is 16.2. The first-order chi connectivity index (χ1) is 9.83. The first-order valence-electron chi connectivity index (χ1n) is 7.60. The summed E-state index contributed by atoms with van der Waals surface area (Å²) in [5.41, 5.74) is 6.24. The lowest BCUT2D eigenvalue weighted by molar-refractivity contribution is 0.0658. The van der Waals surface area contributed by atoms with Crippen LogP contribution in [0.5, 0.6) is 0 Å². The smallest absolute Gasteiger partial charge is 0.255 e. The third kappa shape index (κ3) is 4.00. The van der Waals surface area contributed by atoms with Gasteiger partial charge < -0.3 is 10.6 Å². The lowest BCUT2D eigenvalue weighted by Crippen LogP contribution is -2.41. The normalized spacial score (nSPS) is 16.6. The Morgan fingerprint density at radius 2 is 2.00 bits per heavy atom. The first-order valence-corrected chi connectivity index (χ1v) is 7.60. The molecule has 0 aliphatic heterocycles. The van der Waals surface area contributed by atoms with E-state index >= 15 is 0 Å². The lowest BCUT2D eigenvalue weighted by Gasteiger charge is -2.31. The largest absolute Gasteiger partial charge is 0.336 e. The highest BCUT2D eigenvalue weighted by molar-refractivity contribution is 5.94. The summed E-state index contributed by atoms with van der Waals surface area (Å²) in [7, 11) is 0. The average Bonchev–Trinajstić information content (AvgIpc) is 2.77. The highest BCUT2D eigenvalue weighted by Gasteiger charge is 2.25. The fourth-order valence-corrected chi connectivity index (χ4v) is 2.86. The minimum atomic E-state index is 0.0697. The van der Waals surface area contributed by atoms with Gasteiger partial charge in [0, 0.05) is 12.6 Å². The minimum Gasteiger partial charge on any atom is -0.336 e. The Morgan fingerprint density at radius 3 is 2.60 bits per heavy atom. The van der Waals surface area contributed by atoms with Gasteiger partial charge in [0.15, 0.2) is 0 Å². The second-order valence-electron chi connectivity index (χ2n) is 5.42. The van der Waals surface area contributed by atoms with Gasteiger partial charge in [0.25, 0.3) is 5.91 Å². The van der Waals surface area contributed by atoms with Crippen LogP contribution >= 0.6 is 0 Å². The van der Waals surface area contributed by atoms with Gasteiger partial charge in [-0.25, -0.2) is 0 Å². The fraction of sp³-hybridized carbons (Fsp3) is 0.667. The zero-order chi connectivity index (χ0) is 14.2. The Hall–Kier alpha value is -1.49. The van der Waals surface area contributed by atoms with E-state index < -0.39 is 0 Å². The Labute approximate surface area is 120 Å². The molecule has 2 N–H and O–H groups in total. The first kappa shape index (κ1) is 14.9. The van der Waals surface area contributed by atoms with E-state index in [0.29, 0.717) is 18.2 Å². The molecule has 0 spiro atoms. The van der Waals surface area contributed by atoms with Gasteiger partial charge in [-0.1, -0.05) is 25.7 Å². The highest BCUT2D eigenvalue weighted by Crippen LogP contribution is 2.23. The molecule has 1 aliphatic rings. The van der Waals surface area contributed by atoms with Gasteiger partial charge in [-0.3, -0.25) is 4.79 Å². The van der Waals surface area contributed by atoms with Gasteiger partial charge >= 0.3 is 0 Å². The molecule has 1 saturated carbocycles. The maximum absolute atomic E-state index is 12.7. The van der Waals surface area contributed by atoms with Crippen LogP contribution in [0.4, 0.5) is 0 Å². The van der Waals surface area contributed by atoms with Gasteiger partial charge in [0.2, 0.25) is 0 Å². The van der Waals surface area contributed by atoms with Crippen LogP contribution < -0.4 is 5.73 Å². The van der Waals surface area contributed by atoms with E-state index in [-0.39, 0.29) is 5.91 Å². The summed E-state index contributed by atoms with van der Waals surface area (Å²) in [6.45, 7) is 1.35. The molecule has 0 bridgehead atoms. The predicted molar refractivity (Wildman–Crippen MR) is 78.2 cm³/mol. The van der Waals surface area contributed by atoms with E-state index in [2.05, 4.69) is 10.2 Å². The number of aromatic nitrogens is 2. The summed E-state index contributed by atoms with van der Waals surface area (Å²) in [6.07, 6.45) is 11.2. The van der Waals surface area contributed by atoms with Gasteiger partial charge in [0.1, 0.15) is 0 Å². The lowest BCUT2D eigenvalue weighted by atomic mass is 10.1. The molecule has 0 saturated heterocycles. The number of nitrogens with two attached hydrogens (primary N) is 1. The quantitative estimate of drug-likeness (QED) is 0.835. The van der Waals surface area contributed by atoms with Crippen molar-refractivity contribution in [3.05, 3.63) is 24.0 Å². The number of nitrogens with zero attached hydrogens (tertiary/aromatic N) is 3. The van der Waals surface area contributed by atoms with Crippen molar-refractivity contribution >= 4 is 5.91 Å². The van der Waals surface area contributed by atoms with Crippen molar-refractivity contribution in [1.29, 1.82) is 0 Å². The topological polar surface area (TPSA) is 72.1 Å². The van der Waals surface area contributed by atoms with E-state index in [1.54, 1.807) is 18.5 Å². The maximum atomic E-state index is 12.7. The van der Waals surface area contributed by atoms with Crippen LogP contribution in [0.2, 0.25) is 0 Å². The third-order valence-electron chi connectivity index (χ3n) is 3.96. The molecule has 5 heteroatoms. The Bertz CT molecular complexity index is 402. The molecule has 2 rings (SSSR count). The van der Waals surface area contributed by atoms with Gasteiger partial charge in [-0.05, 0) is 31.9 Å². The van der Waals surface area contributed by atoms with Crippen LogP contribution in [-0.4, -0.2) is 40.1 Å². The average molecular weight is 276 g/mol. The van der Waals surface area contributed by atoms with Crippen molar-refractivity contribution in [2.24, 2.45) is 5.73 Å². The number of carbonyl (C=O) groups is 1. The molecule has 110 valence electrons. The van der Waals surface area contributed by atoms with E-state index in [0.717, 1.165) is 25.8 Å². The Kier molecular flexibility index (Phi) is 5.92. The molecule has 1 amide bonds. The molecule has 1 aromatic rings. The van der Waals surface area contributed by atoms with E-state index in [1.807, 2.05) is 4.90 Å². The predicted octanol–water partition coefficient (Wildman–Crippen LogP) is 1.99. The molecule has 20 heavy (non-hydrogen) atoms. The number of hydrogen-bond donors (Lipinski definition) is 1. The summed E-state index contributed by atoms with van der Waals surface area (Å²) < 4.78 is 0. The number of amides is 1. The van der Waals surface area contributed by atoms with Crippen LogP contribution in [0.15, 0.2) is 18.5 Å². The summed E-state index contributed by atoms with van der Waals surface area (Å²) in [6, 6.07) is 2.09. The summed E-state index contributed by atoms with van der Waals surface area (Å²) in [5, 5.41) is 7.55. The van der Waals surface area contributed by atoms with Crippen molar-refractivity contribution in [2.75, 3.05) is 13.1 Å². The van der Waals surface area contributed by atoms with Gasteiger partial charge in [-0.15, -0.1) is 0 Å². The van der Waals surface area contributed by atoms with Crippen LogP contribution in [-0.2, 0) is 0 Å². The van der Waals surface area contributed by atoms with Gasteiger partial charge in [0.05, 0.1) is 18.0 Å². The maximum Gasteiger partial charge on any atom is 0.255 e. The van der Waals surface area contributed by atoms with E-state index in [4.69, 9.17) is 5.73 Å². The number of hydrogen-bond acceptors (Lipinski definition) is 4. The third-order valence-corrected chi connectivity index (χ3v) is 3.96. The molecule has 0 aromatic carbocycles. The zero-order valence-electron chi connectivity index (χ0n) is 12.0. The second kappa shape index (κ2) is 7.94. The molecule has 0 unspecified atom stereocenters. The standard InChI is InChI=1S/C15H24N4O/c16-9-5-11-19(14-6-3-1-2-4-7-14)15(20)13-8-10-17-18-12-13/h8,10,12,14H,1-7,9,11,16H2. The van der Waals surface area contributed by atoms with Crippen LogP contribution in [0.3, 0.4) is 0 Å². The second-order valence-corrected chi connectivity index (χ2v) is 5.42. The molecule has 1 aliphatic carbocycles. The number of carbonyl (C=O) groups excluding carboxylic acids is 1. The number of rotatable bonds is 5. The van der Waals surface area contributed by atoms with Crippen molar-refractivity contribution in [2.45, 2.75) is 51.0 Å². The van der Waals surface area contributed by atoms with Crippen molar-refractivity contribution in [3.63, 3.8) is 0 Å². The monoisotopic (exact) mass is 276 g/mol. The molecule has 0 atom stereocenters. The Balaban J connectivity index is 2.11.